The molecule has 0 bridgehead atoms. The van der Waals surface area contributed by atoms with Gasteiger partial charge in [-0.1, -0.05) is 11.6 Å². The van der Waals surface area contributed by atoms with Crippen LogP contribution in [0.25, 0.3) is 0 Å². The molecule has 1 saturated heterocycles. The minimum Gasteiger partial charge on any atom is -0.478 e. The third kappa shape index (κ3) is 2.38. The molecule has 0 aromatic carbocycles. The first-order valence-electron chi connectivity index (χ1n) is 5.42. The van der Waals surface area contributed by atoms with Crippen LogP contribution >= 0.6 is 11.6 Å². The van der Waals surface area contributed by atoms with Gasteiger partial charge in [0.1, 0.15) is 5.82 Å². The molecule has 18 heavy (non-hydrogen) atoms. The molecule has 6 nitrogen and oxygen atoms in total. The minimum atomic E-state index is -1.08. The molecular formula is C11H12ClN3O3. The standard InChI is InChI=1S/C11H12ClN3O3/c12-8-3-7(11(17)18)4-14-10(8)15-2-1-6(5-15)9(13)16/h3-4,6H,1-2,5H2,(H2,13,16)(H,17,18). The van der Waals surface area contributed by atoms with Crippen LogP contribution in [-0.4, -0.2) is 35.1 Å². The van der Waals surface area contributed by atoms with Crippen molar-refractivity contribution in [2.75, 3.05) is 18.0 Å². The van der Waals surface area contributed by atoms with Crippen molar-refractivity contribution in [3.8, 4) is 0 Å². The predicted octanol–water partition coefficient (Wildman–Crippen LogP) is 0.745. The van der Waals surface area contributed by atoms with Crippen molar-refractivity contribution >= 4 is 29.3 Å². The zero-order chi connectivity index (χ0) is 13.3. The number of primary amides is 1. The second kappa shape index (κ2) is 4.81. The fourth-order valence-corrected chi connectivity index (χ4v) is 2.25. The molecule has 1 atom stereocenters. The smallest absolute Gasteiger partial charge is 0.337 e. The third-order valence-electron chi connectivity index (χ3n) is 2.96. The van der Waals surface area contributed by atoms with Crippen molar-refractivity contribution in [1.29, 1.82) is 0 Å². The van der Waals surface area contributed by atoms with Gasteiger partial charge in [0, 0.05) is 19.3 Å². The highest BCUT2D eigenvalue weighted by Gasteiger charge is 2.28. The lowest BCUT2D eigenvalue weighted by atomic mass is 10.1. The molecular weight excluding hydrogens is 258 g/mol. The van der Waals surface area contributed by atoms with E-state index in [1.807, 2.05) is 4.90 Å². The van der Waals surface area contributed by atoms with Crippen molar-refractivity contribution in [3.05, 3.63) is 22.8 Å². The number of carboxylic acid groups (broad SMARTS) is 1. The molecule has 1 aliphatic rings. The summed E-state index contributed by atoms with van der Waals surface area (Å²) in [6, 6.07) is 1.35. The average molecular weight is 270 g/mol. The Labute approximate surface area is 108 Å². The summed E-state index contributed by atoms with van der Waals surface area (Å²) in [6.07, 6.45) is 1.91. The van der Waals surface area contributed by atoms with Crippen LogP contribution < -0.4 is 10.6 Å². The quantitative estimate of drug-likeness (QED) is 0.844. The van der Waals surface area contributed by atoms with Gasteiger partial charge in [0.25, 0.3) is 0 Å². The maximum absolute atomic E-state index is 11.1. The summed E-state index contributed by atoms with van der Waals surface area (Å²) in [5, 5.41) is 9.07. The molecule has 1 aromatic heterocycles. The van der Waals surface area contributed by atoms with Crippen LogP contribution in [0.3, 0.4) is 0 Å². The monoisotopic (exact) mass is 269 g/mol. The highest BCUT2D eigenvalue weighted by Crippen LogP contribution is 2.28. The molecule has 7 heteroatoms. The van der Waals surface area contributed by atoms with Crippen molar-refractivity contribution in [3.63, 3.8) is 0 Å². The van der Waals surface area contributed by atoms with E-state index < -0.39 is 5.97 Å². The first-order chi connectivity index (χ1) is 8.49. The lowest BCUT2D eigenvalue weighted by molar-refractivity contribution is -0.121. The molecule has 1 aliphatic heterocycles. The fraction of sp³-hybridized carbons (Fsp3) is 0.364. The number of aromatic carboxylic acids is 1. The predicted molar refractivity (Wildman–Crippen MR) is 65.7 cm³/mol. The Balaban J connectivity index is 2.20. The Morgan fingerprint density at radius 3 is 2.78 bits per heavy atom. The van der Waals surface area contributed by atoms with Crippen LogP contribution in [-0.2, 0) is 4.79 Å². The van der Waals surface area contributed by atoms with E-state index in [2.05, 4.69) is 4.98 Å². The van der Waals surface area contributed by atoms with E-state index in [1.165, 1.54) is 12.3 Å². The first kappa shape index (κ1) is 12.6. The Morgan fingerprint density at radius 1 is 1.56 bits per heavy atom. The van der Waals surface area contributed by atoms with Gasteiger partial charge >= 0.3 is 5.97 Å². The largest absolute Gasteiger partial charge is 0.478 e. The molecule has 0 spiro atoms. The summed E-state index contributed by atoms with van der Waals surface area (Å²) in [5.41, 5.74) is 5.28. The number of carbonyl (C=O) groups is 2. The third-order valence-corrected chi connectivity index (χ3v) is 3.24. The zero-order valence-corrected chi connectivity index (χ0v) is 10.2. The van der Waals surface area contributed by atoms with Gasteiger partial charge < -0.3 is 15.7 Å². The maximum atomic E-state index is 11.1. The van der Waals surface area contributed by atoms with Crippen LogP contribution in [0.4, 0.5) is 5.82 Å². The second-order valence-corrected chi connectivity index (χ2v) is 4.58. The number of pyridine rings is 1. The summed E-state index contributed by atoms with van der Waals surface area (Å²) < 4.78 is 0. The van der Waals surface area contributed by atoms with E-state index in [0.717, 1.165) is 0 Å². The first-order valence-corrected chi connectivity index (χ1v) is 5.80. The number of nitrogens with two attached hydrogens (primary N) is 1. The van der Waals surface area contributed by atoms with Gasteiger partial charge in [-0.25, -0.2) is 9.78 Å². The highest BCUT2D eigenvalue weighted by atomic mass is 35.5. The van der Waals surface area contributed by atoms with E-state index in [0.29, 0.717) is 25.3 Å². The lowest BCUT2D eigenvalue weighted by Crippen LogP contribution is -2.27. The summed E-state index contributed by atoms with van der Waals surface area (Å²) in [4.78, 5) is 27.7. The number of nitrogens with zero attached hydrogens (tertiary/aromatic N) is 2. The van der Waals surface area contributed by atoms with Crippen LogP contribution in [0.5, 0.6) is 0 Å². The number of aromatic nitrogens is 1. The molecule has 96 valence electrons. The van der Waals surface area contributed by atoms with E-state index in [4.69, 9.17) is 22.4 Å². The topological polar surface area (TPSA) is 96.5 Å². The number of carboxylic acids is 1. The minimum absolute atomic E-state index is 0.0365. The molecule has 1 aromatic rings. The Kier molecular flexibility index (Phi) is 3.38. The number of amides is 1. The van der Waals surface area contributed by atoms with Crippen molar-refractivity contribution in [1.82, 2.24) is 4.98 Å². The molecule has 3 N–H and O–H groups in total. The van der Waals surface area contributed by atoms with E-state index in [-0.39, 0.29) is 22.4 Å². The summed E-state index contributed by atoms with van der Waals surface area (Å²) >= 11 is 6.00. The highest BCUT2D eigenvalue weighted by molar-refractivity contribution is 6.33. The van der Waals surface area contributed by atoms with Gasteiger partial charge in [0.15, 0.2) is 0 Å². The van der Waals surface area contributed by atoms with E-state index in [1.54, 1.807) is 0 Å². The van der Waals surface area contributed by atoms with Gasteiger partial charge in [0.2, 0.25) is 5.91 Å². The molecule has 0 aliphatic carbocycles. The van der Waals surface area contributed by atoms with Crippen LogP contribution in [0.2, 0.25) is 5.02 Å². The number of carbonyl (C=O) groups excluding carboxylic acids is 1. The maximum Gasteiger partial charge on any atom is 0.337 e. The normalized spacial score (nSPS) is 18.9. The number of anilines is 1. The zero-order valence-electron chi connectivity index (χ0n) is 9.47. The SMILES string of the molecule is NC(=O)C1CCN(c2ncc(C(=O)O)cc2Cl)C1. The fourth-order valence-electron chi connectivity index (χ4n) is 1.97. The Morgan fingerprint density at radius 2 is 2.28 bits per heavy atom. The van der Waals surface area contributed by atoms with Crippen molar-refractivity contribution < 1.29 is 14.7 Å². The van der Waals surface area contributed by atoms with E-state index >= 15 is 0 Å². The van der Waals surface area contributed by atoms with Gasteiger partial charge in [0.05, 0.1) is 16.5 Å². The molecule has 0 saturated carbocycles. The Bertz CT molecular complexity index is 506. The lowest BCUT2D eigenvalue weighted by Gasteiger charge is -2.18. The van der Waals surface area contributed by atoms with Crippen LogP contribution in [0.15, 0.2) is 12.3 Å². The molecule has 0 radical (unpaired) electrons. The van der Waals surface area contributed by atoms with Gasteiger partial charge in [-0.2, -0.15) is 0 Å². The molecule has 1 amide bonds. The Hall–Kier alpha value is -1.82. The van der Waals surface area contributed by atoms with Gasteiger partial charge in [-0.05, 0) is 12.5 Å². The molecule has 1 unspecified atom stereocenters. The average Bonchev–Trinajstić information content (AvgIpc) is 2.78. The summed E-state index contributed by atoms with van der Waals surface area (Å²) in [5.74, 6) is -1.13. The van der Waals surface area contributed by atoms with Crippen LogP contribution in [0, 0.1) is 5.92 Å². The number of halogens is 1. The molecule has 2 heterocycles. The molecule has 1 fully saturated rings. The van der Waals surface area contributed by atoms with Gasteiger partial charge in [-0.15, -0.1) is 0 Å². The van der Waals surface area contributed by atoms with Gasteiger partial charge in [-0.3, -0.25) is 4.79 Å². The summed E-state index contributed by atoms with van der Waals surface area (Å²) in [6.45, 7) is 1.10. The van der Waals surface area contributed by atoms with Crippen molar-refractivity contribution in [2.24, 2.45) is 11.7 Å². The summed E-state index contributed by atoms with van der Waals surface area (Å²) in [7, 11) is 0. The van der Waals surface area contributed by atoms with Crippen molar-refractivity contribution in [2.45, 2.75) is 6.42 Å². The number of hydrogen-bond donors (Lipinski definition) is 2. The van der Waals surface area contributed by atoms with E-state index in [9.17, 15) is 9.59 Å². The second-order valence-electron chi connectivity index (χ2n) is 4.17. The number of hydrogen-bond acceptors (Lipinski definition) is 4. The van der Waals surface area contributed by atoms with Crippen LogP contribution in [0.1, 0.15) is 16.8 Å². The number of rotatable bonds is 3. The molecule has 2 rings (SSSR count).